The summed E-state index contributed by atoms with van der Waals surface area (Å²) in [5.41, 5.74) is 0.930. The van der Waals surface area contributed by atoms with E-state index in [1.165, 1.54) is 4.90 Å². The lowest BCUT2D eigenvalue weighted by molar-refractivity contribution is -0.136. The maximum absolute atomic E-state index is 12.2. The Hall–Kier alpha value is -1.03. The molecule has 1 heterocycles. The first kappa shape index (κ1) is 9.52. The van der Waals surface area contributed by atoms with Crippen molar-refractivity contribution in [3.8, 4) is 0 Å². The van der Waals surface area contributed by atoms with Crippen LogP contribution in [0.4, 0.5) is 13.2 Å². The first-order chi connectivity index (χ1) is 6.57. The van der Waals surface area contributed by atoms with Gasteiger partial charge in [-0.25, -0.2) is 0 Å². The van der Waals surface area contributed by atoms with Crippen LogP contribution in [0.5, 0.6) is 0 Å². The molecule has 1 saturated heterocycles. The molecule has 0 radical (unpaired) electrons. The molecule has 1 aromatic rings. The third-order valence-electron chi connectivity index (χ3n) is 2.32. The molecule has 0 aliphatic carbocycles. The van der Waals surface area contributed by atoms with E-state index in [-0.39, 0.29) is 6.54 Å². The van der Waals surface area contributed by atoms with Crippen molar-refractivity contribution >= 4 is 0 Å². The first-order valence-electron chi connectivity index (χ1n) is 4.42. The Labute approximate surface area is 80.1 Å². The van der Waals surface area contributed by atoms with Gasteiger partial charge in [0.1, 0.15) is 6.04 Å². The van der Waals surface area contributed by atoms with Crippen LogP contribution in [0.15, 0.2) is 30.3 Å². The SMILES string of the molecule is FC(F)(F)[C@H]1CN1Cc1ccccc1. The van der Waals surface area contributed by atoms with E-state index >= 15 is 0 Å². The summed E-state index contributed by atoms with van der Waals surface area (Å²) < 4.78 is 36.5. The lowest BCUT2D eigenvalue weighted by Crippen LogP contribution is -2.20. The van der Waals surface area contributed by atoms with Crippen LogP contribution in [0.2, 0.25) is 0 Å². The summed E-state index contributed by atoms with van der Waals surface area (Å²) in [4.78, 5) is 1.41. The Morgan fingerprint density at radius 3 is 2.36 bits per heavy atom. The first-order valence-corrected chi connectivity index (χ1v) is 4.42. The zero-order chi connectivity index (χ0) is 10.2. The highest BCUT2D eigenvalue weighted by Crippen LogP contribution is 2.35. The number of hydrogen-bond acceptors (Lipinski definition) is 1. The van der Waals surface area contributed by atoms with Crippen LogP contribution in [0.25, 0.3) is 0 Å². The highest BCUT2D eigenvalue weighted by Gasteiger charge is 2.53. The maximum Gasteiger partial charge on any atom is 0.405 e. The van der Waals surface area contributed by atoms with Gasteiger partial charge in [-0.15, -0.1) is 0 Å². The fraction of sp³-hybridized carbons (Fsp3) is 0.400. The van der Waals surface area contributed by atoms with Crippen molar-refractivity contribution in [1.29, 1.82) is 0 Å². The monoisotopic (exact) mass is 201 g/mol. The predicted octanol–water partition coefficient (Wildman–Crippen LogP) is 2.43. The zero-order valence-corrected chi connectivity index (χ0v) is 7.46. The number of benzene rings is 1. The van der Waals surface area contributed by atoms with Crippen molar-refractivity contribution in [2.24, 2.45) is 0 Å². The molecule has 1 aliphatic rings. The number of nitrogens with zero attached hydrogens (tertiary/aromatic N) is 1. The van der Waals surface area contributed by atoms with Crippen LogP contribution in [0.1, 0.15) is 5.56 Å². The minimum Gasteiger partial charge on any atom is -0.285 e. The molecule has 0 bridgehead atoms. The molecule has 0 spiro atoms. The van der Waals surface area contributed by atoms with Crippen LogP contribution in [0, 0.1) is 0 Å². The number of halogens is 3. The van der Waals surface area contributed by atoms with Gasteiger partial charge in [0.25, 0.3) is 0 Å². The van der Waals surface area contributed by atoms with Crippen LogP contribution in [-0.2, 0) is 6.54 Å². The Morgan fingerprint density at radius 2 is 1.86 bits per heavy atom. The Bertz CT molecular complexity index is 307. The molecule has 1 aromatic carbocycles. The summed E-state index contributed by atoms with van der Waals surface area (Å²) in [6.07, 6.45) is -4.06. The molecule has 1 fully saturated rings. The van der Waals surface area contributed by atoms with Crippen molar-refractivity contribution in [3.05, 3.63) is 35.9 Å². The van der Waals surface area contributed by atoms with E-state index in [1.54, 1.807) is 0 Å². The van der Waals surface area contributed by atoms with E-state index in [1.807, 2.05) is 30.3 Å². The molecule has 2 atom stereocenters. The molecule has 0 N–H and O–H groups in total. The number of hydrogen-bond donors (Lipinski definition) is 0. The Balaban J connectivity index is 1.91. The highest BCUT2D eigenvalue weighted by molar-refractivity contribution is 5.16. The zero-order valence-electron chi connectivity index (χ0n) is 7.46. The van der Waals surface area contributed by atoms with Crippen LogP contribution in [0.3, 0.4) is 0 Å². The largest absolute Gasteiger partial charge is 0.405 e. The smallest absolute Gasteiger partial charge is 0.285 e. The van der Waals surface area contributed by atoms with E-state index in [9.17, 15) is 13.2 Å². The van der Waals surface area contributed by atoms with Gasteiger partial charge in [0.05, 0.1) is 0 Å². The summed E-state index contributed by atoms with van der Waals surface area (Å²) >= 11 is 0. The third kappa shape index (κ3) is 2.07. The average Bonchev–Trinajstić information content (AvgIpc) is 2.85. The average molecular weight is 201 g/mol. The topological polar surface area (TPSA) is 3.01 Å². The molecule has 0 saturated carbocycles. The van der Waals surface area contributed by atoms with Crippen molar-refractivity contribution in [3.63, 3.8) is 0 Å². The summed E-state index contributed by atoms with van der Waals surface area (Å²) in [5, 5.41) is 0. The molecule has 0 aromatic heterocycles. The van der Waals surface area contributed by atoms with Gasteiger partial charge in [0.15, 0.2) is 0 Å². The van der Waals surface area contributed by atoms with Gasteiger partial charge in [0.2, 0.25) is 0 Å². The lowest BCUT2D eigenvalue weighted by Gasteiger charge is -2.06. The minimum absolute atomic E-state index is 0.137. The summed E-state index contributed by atoms with van der Waals surface area (Å²) in [6.45, 7) is 0.531. The molecule has 76 valence electrons. The third-order valence-corrected chi connectivity index (χ3v) is 2.32. The Kier molecular flexibility index (Phi) is 2.23. The number of alkyl halides is 3. The van der Waals surface area contributed by atoms with Crippen LogP contribution >= 0.6 is 0 Å². The molecule has 14 heavy (non-hydrogen) atoms. The second-order valence-corrected chi connectivity index (χ2v) is 3.47. The second kappa shape index (κ2) is 3.28. The number of rotatable bonds is 2. The van der Waals surface area contributed by atoms with E-state index in [2.05, 4.69) is 0 Å². The predicted molar refractivity (Wildman–Crippen MR) is 46.7 cm³/mol. The van der Waals surface area contributed by atoms with Crippen LogP contribution < -0.4 is 0 Å². The molecule has 1 aliphatic heterocycles. The van der Waals surface area contributed by atoms with Gasteiger partial charge in [-0.05, 0) is 5.56 Å². The summed E-state index contributed by atoms with van der Waals surface area (Å²) in [5.74, 6) is 0. The van der Waals surface area contributed by atoms with Gasteiger partial charge in [-0.3, -0.25) is 4.90 Å². The van der Waals surface area contributed by atoms with Gasteiger partial charge in [-0.1, -0.05) is 30.3 Å². The second-order valence-electron chi connectivity index (χ2n) is 3.47. The quantitative estimate of drug-likeness (QED) is 0.664. The fourth-order valence-electron chi connectivity index (χ4n) is 1.48. The summed E-state index contributed by atoms with van der Waals surface area (Å²) in [7, 11) is 0. The fourth-order valence-corrected chi connectivity index (χ4v) is 1.48. The molecular formula is C10H10F3N. The van der Waals surface area contributed by atoms with Gasteiger partial charge < -0.3 is 0 Å². The van der Waals surface area contributed by atoms with E-state index in [0.29, 0.717) is 6.54 Å². The lowest BCUT2D eigenvalue weighted by atomic mass is 10.2. The molecule has 4 heteroatoms. The normalized spacial score (nSPS) is 26.2. The Morgan fingerprint density at radius 1 is 1.21 bits per heavy atom. The van der Waals surface area contributed by atoms with E-state index in [0.717, 1.165) is 5.56 Å². The molecule has 1 unspecified atom stereocenters. The molecule has 2 rings (SSSR count). The molecule has 1 nitrogen and oxygen atoms in total. The molecular weight excluding hydrogens is 191 g/mol. The van der Waals surface area contributed by atoms with Gasteiger partial charge >= 0.3 is 6.18 Å². The van der Waals surface area contributed by atoms with E-state index < -0.39 is 12.2 Å². The van der Waals surface area contributed by atoms with Crippen molar-refractivity contribution < 1.29 is 13.2 Å². The molecule has 0 amide bonds. The maximum atomic E-state index is 12.2. The van der Waals surface area contributed by atoms with Gasteiger partial charge in [-0.2, -0.15) is 13.2 Å². The van der Waals surface area contributed by atoms with Gasteiger partial charge in [0, 0.05) is 13.1 Å². The van der Waals surface area contributed by atoms with Crippen molar-refractivity contribution in [1.82, 2.24) is 4.90 Å². The van der Waals surface area contributed by atoms with Crippen molar-refractivity contribution in [2.45, 2.75) is 18.8 Å². The minimum atomic E-state index is -4.06. The van der Waals surface area contributed by atoms with Crippen LogP contribution in [-0.4, -0.2) is 23.7 Å². The standard InChI is InChI=1S/C10H10F3N/c11-10(12,13)9-7-14(9)6-8-4-2-1-3-5-8/h1-5,9H,6-7H2/t9-,14?/m1/s1. The summed E-state index contributed by atoms with van der Waals surface area (Å²) in [6, 6.07) is 7.98. The van der Waals surface area contributed by atoms with Crippen molar-refractivity contribution in [2.75, 3.05) is 6.54 Å². The van der Waals surface area contributed by atoms with E-state index in [4.69, 9.17) is 0 Å². The highest BCUT2D eigenvalue weighted by atomic mass is 19.4.